The van der Waals surface area contributed by atoms with Crippen LogP contribution in [-0.4, -0.2) is 60.5 Å². The van der Waals surface area contributed by atoms with Crippen LogP contribution in [0.4, 0.5) is 0 Å². The van der Waals surface area contributed by atoms with Gasteiger partial charge in [0.25, 0.3) is 0 Å². The van der Waals surface area contributed by atoms with Crippen molar-refractivity contribution in [3.05, 3.63) is 72.9 Å². The number of carboxylic acids is 1. The molecule has 328 valence electrons. The van der Waals surface area contributed by atoms with E-state index in [-0.39, 0.29) is 13.0 Å². The summed E-state index contributed by atoms with van der Waals surface area (Å²) >= 11 is 0. The summed E-state index contributed by atoms with van der Waals surface area (Å²) in [4.78, 5) is 33.6. The zero-order chi connectivity index (χ0) is 41.9. The number of hydrogen-bond acceptors (Lipinski definition) is 8. The number of carboxylic acid groups (broad SMARTS) is 1. The maximum atomic E-state index is 12.6. The Morgan fingerprint density at radius 3 is 1.53 bits per heavy atom. The molecule has 11 heteroatoms. The number of unbranched alkanes of at least 4 members (excludes halogenated alkanes) is 15. The van der Waals surface area contributed by atoms with Gasteiger partial charge in [0.15, 0.2) is 0 Å². The Morgan fingerprint density at radius 2 is 1.02 bits per heavy atom. The topological polar surface area (TPSA) is 155 Å². The molecular weight excluding hydrogens is 741 g/mol. The molecule has 0 aromatic rings. The molecule has 0 saturated heterocycles. The molecule has 3 atom stereocenters. The van der Waals surface area contributed by atoms with E-state index in [1.165, 1.54) is 44.9 Å². The van der Waals surface area contributed by atoms with Crippen molar-refractivity contribution in [1.29, 1.82) is 0 Å². The smallest absolute Gasteiger partial charge is 0.472 e. The monoisotopic (exact) mass is 822 g/mol. The standard InChI is InChI=1S/C46H80NO9P/c1-3-5-7-9-11-13-15-17-19-21-23-25-27-29-31-33-35-37-39-53-40-43(41-54-57(51,52)55-42-44(47)46(49)50)56-45(48)38-36-34-32-30-28-26-24-22-20-18-16-14-12-10-8-6-4-2/h5,7,11-14,17-20,23,25,43-44H,3-4,6,8-10,15-16,21-22,24,26-42,47H2,1-2H3,(H,49,50)(H,51,52)/b7-5-,13-11-,14-12-,19-17-,20-18-,25-23-. The van der Waals surface area contributed by atoms with E-state index in [1.54, 1.807) is 0 Å². The second kappa shape index (κ2) is 41.6. The molecule has 0 spiro atoms. The number of ether oxygens (including phenoxy) is 2. The molecule has 0 aliphatic rings. The van der Waals surface area contributed by atoms with E-state index in [1.807, 2.05) is 0 Å². The van der Waals surface area contributed by atoms with E-state index < -0.39 is 45.1 Å². The fourth-order valence-corrected chi connectivity index (χ4v) is 6.34. The van der Waals surface area contributed by atoms with Gasteiger partial charge in [-0.3, -0.25) is 18.6 Å². The molecule has 57 heavy (non-hydrogen) atoms. The maximum absolute atomic E-state index is 12.6. The fourth-order valence-electron chi connectivity index (χ4n) is 5.56. The van der Waals surface area contributed by atoms with Crippen molar-refractivity contribution < 1.29 is 42.7 Å². The molecule has 0 aliphatic heterocycles. The summed E-state index contributed by atoms with van der Waals surface area (Å²) < 4.78 is 33.3. The van der Waals surface area contributed by atoms with Crippen molar-refractivity contribution >= 4 is 19.8 Å². The summed E-state index contributed by atoms with van der Waals surface area (Å²) in [6.45, 7) is 3.68. The molecule has 0 radical (unpaired) electrons. The first kappa shape index (κ1) is 54.4. The Hall–Kier alpha value is -2.59. The Balaban J connectivity index is 4.30. The first-order valence-corrected chi connectivity index (χ1v) is 23.5. The van der Waals surface area contributed by atoms with Crippen LogP contribution in [0.3, 0.4) is 0 Å². The summed E-state index contributed by atoms with van der Waals surface area (Å²) in [5.74, 6) is -1.80. The number of allylic oxidation sites excluding steroid dienone is 12. The molecule has 0 amide bonds. The third-order valence-corrected chi connectivity index (χ3v) is 9.92. The summed E-state index contributed by atoms with van der Waals surface area (Å²) in [5.41, 5.74) is 5.35. The molecule has 4 N–H and O–H groups in total. The van der Waals surface area contributed by atoms with Gasteiger partial charge < -0.3 is 25.2 Å². The van der Waals surface area contributed by atoms with E-state index in [2.05, 4.69) is 86.8 Å². The predicted molar refractivity (Wildman–Crippen MR) is 235 cm³/mol. The highest BCUT2D eigenvalue weighted by molar-refractivity contribution is 7.47. The third-order valence-electron chi connectivity index (χ3n) is 8.97. The van der Waals surface area contributed by atoms with Gasteiger partial charge in [-0.25, -0.2) is 4.57 Å². The zero-order valence-electron chi connectivity index (χ0n) is 35.7. The fraction of sp³-hybridized carbons (Fsp3) is 0.696. The highest BCUT2D eigenvalue weighted by Crippen LogP contribution is 2.43. The van der Waals surface area contributed by atoms with Gasteiger partial charge in [-0.15, -0.1) is 0 Å². The van der Waals surface area contributed by atoms with E-state index in [0.29, 0.717) is 13.0 Å². The minimum atomic E-state index is -4.63. The first-order valence-electron chi connectivity index (χ1n) is 22.0. The van der Waals surface area contributed by atoms with Crippen molar-refractivity contribution in [2.24, 2.45) is 5.73 Å². The van der Waals surface area contributed by atoms with Crippen molar-refractivity contribution in [1.82, 2.24) is 0 Å². The Kier molecular flexibility index (Phi) is 39.7. The van der Waals surface area contributed by atoms with Gasteiger partial charge >= 0.3 is 19.8 Å². The summed E-state index contributed by atoms with van der Waals surface area (Å²) in [5, 5.41) is 8.90. The van der Waals surface area contributed by atoms with Crippen molar-refractivity contribution in [3.8, 4) is 0 Å². The predicted octanol–water partition coefficient (Wildman–Crippen LogP) is 12.2. The highest BCUT2D eigenvalue weighted by Gasteiger charge is 2.27. The number of aliphatic carboxylic acids is 1. The number of carbonyl (C=O) groups excluding carboxylic acids is 1. The van der Waals surface area contributed by atoms with Crippen LogP contribution < -0.4 is 5.73 Å². The second-order valence-electron chi connectivity index (χ2n) is 14.4. The third kappa shape index (κ3) is 41.4. The number of carbonyl (C=O) groups is 2. The minimum absolute atomic E-state index is 0.00283. The van der Waals surface area contributed by atoms with Gasteiger partial charge in [0.2, 0.25) is 0 Å². The minimum Gasteiger partial charge on any atom is -0.480 e. The van der Waals surface area contributed by atoms with E-state index in [9.17, 15) is 19.0 Å². The Morgan fingerprint density at radius 1 is 0.579 bits per heavy atom. The summed E-state index contributed by atoms with van der Waals surface area (Å²) in [6, 6.07) is -1.48. The highest BCUT2D eigenvalue weighted by atomic mass is 31.2. The quantitative estimate of drug-likeness (QED) is 0.0235. The lowest BCUT2D eigenvalue weighted by molar-refractivity contribution is -0.154. The number of hydrogen-bond donors (Lipinski definition) is 3. The summed E-state index contributed by atoms with van der Waals surface area (Å²) in [6.07, 6.45) is 50.9. The summed E-state index contributed by atoms with van der Waals surface area (Å²) in [7, 11) is -4.63. The molecule has 0 aliphatic carbocycles. The average Bonchev–Trinajstić information content (AvgIpc) is 3.19. The van der Waals surface area contributed by atoms with Crippen LogP contribution in [0.2, 0.25) is 0 Å². The van der Waals surface area contributed by atoms with E-state index in [4.69, 9.17) is 29.4 Å². The largest absolute Gasteiger partial charge is 0.480 e. The van der Waals surface area contributed by atoms with Crippen LogP contribution in [0.25, 0.3) is 0 Å². The lowest BCUT2D eigenvalue weighted by Crippen LogP contribution is -2.34. The average molecular weight is 822 g/mol. The number of phosphoric ester groups is 1. The molecule has 3 unspecified atom stereocenters. The molecule has 0 aromatic carbocycles. The molecule has 0 aromatic heterocycles. The van der Waals surface area contributed by atoms with Gasteiger partial charge in [-0.2, -0.15) is 0 Å². The van der Waals surface area contributed by atoms with Crippen molar-refractivity contribution in [3.63, 3.8) is 0 Å². The van der Waals surface area contributed by atoms with Crippen molar-refractivity contribution in [2.45, 2.75) is 180 Å². The molecule has 0 rings (SSSR count). The van der Waals surface area contributed by atoms with Gasteiger partial charge in [-0.1, -0.05) is 151 Å². The van der Waals surface area contributed by atoms with Crippen LogP contribution in [0.1, 0.15) is 168 Å². The number of phosphoric acid groups is 1. The van der Waals surface area contributed by atoms with Gasteiger partial charge in [0, 0.05) is 13.0 Å². The molecule has 10 nitrogen and oxygen atoms in total. The second-order valence-corrected chi connectivity index (χ2v) is 15.9. The Labute approximate surface area is 346 Å². The molecule has 0 bridgehead atoms. The normalized spacial score (nSPS) is 14.6. The van der Waals surface area contributed by atoms with Gasteiger partial charge in [0.05, 0.1) is 19.8 Å². The maximum Gasteiger partial charge on any atom is 0.472 e. The van der Waals surface area contributed by atoms with Crippen LogP contribution in [0.15, 0.2) is 72.9 Å². The van der Waals surface area contributed by atoms with E-state index >= 15 is 0 Å². The van der Waals surface area contributed by atoms with Crippen molar-refractivity contribution in [2.75, 3.05) is 26.4 Å². The zero-order valence-corrected chi connectivity index (χ0v) is 36.6. The number of nitrogens with two attached hydrogens (primary N) is 1. The lowest BCUT2D eigenvalue weighted by Gasteiger charge is -2.20. The number of esters is 1. The van der Waals surface area contributed by atoms with E-state index in [0.717, 1.165) is 96.3 Å². The SMILES string of the molecule is CC/C=C\C/C=C\C/C=C\C/C=C\CCCCCCCOCC(COP(=O)(O)OCC(N)C(=O)O)OC(=O)CCCCCCCCC/C=C\C/C=C\CCCCC. The number of rotatable bonds is 41. The Bertz CT molecular complexity index is 1180. The van der Waals surface area contributed by atoms with Crippen LogP contribution in [0.5, 0.6) is 0 Å². The molecular formula is C46H80NO9P. The van der Waals surface area contributed by atoms with Crippen LogP contribution in [-0.2, 0) is 32.7 Å². The van der Waals surface area contributed by atoms with Crippen LogP contribution >= 0.6 is 7.82 Å². The van der Waals surface area contributed by atoms with Crippen LogP contribution in [0, 0.1) is 0 Å². The lowest BCUT2D eigenvalue weighted by atomic mass is 10.1. The van der Waals surface area contributed by atoms with Gasteiger partial charge in [0.1, 0.15) is 12.1 Å². The first-order chi connectivity index (χ1) is 27.7. The van der Waals surface area contributed by atoms with Gasteiger partial charge in [-0.05, 0) is 83.5 Å². The molecule has 0 saturated carbocycles. The molecule has 0 fully saturated rings. The molecule has 0 heterocycles.